The van der Waals surface area contributed by atoms with Crippen LogP contribution >= 0.6 is 0 Å². The summed E-state index contributed by atoms with van der Waals surface area (Å²) in [5, 5.41) is 8.75. The molecular weight excluding hydrogens is 238 g/mol. The molecule has 0 aromatic heterocycles. The zero-order valence-electron chi connectivity index (χ0n) is 9.70. The Labute approximate surface area is 104 Å². The number of carbonyl (C=O) groups is 1. The molecule has 0 radical (unpaired) electrons. The third kappa shape index (κ3) is 2.48. The Kier molecular flexibility index (Phi) is 3.56. The van der Waals surface area contributed by atoms with Crippen LogP contribution in [0.5, 0.6) is 0 Å². The molecule has 94 valence electrons. The fraction of sp³-hybridized carbons (Fsp3) is 0.385. The second kappa shape index (κ2) is 5.13. The van der Waals surface area contributed by atoms with E-state index in [1.807, 2.05) is 0 Å². The first-order valence-corrected chi connectivity index (χ1v) is 5.75. The van der Waals surface area contributed by atoms with Crippen molar-refractivity contribution in [2.24, 2.45) is 5.92 Å². The molecule has 2 rings (SSSR count). The highest BCUT2D eigenvalue weighted by molar-refractivity contribution is 5.94. The van der Waals surface area contributed by atoms with Gasteiger partial charge in [-0.1, -0.05) is 0 Å². The van der Waals surface area contributed by atoms with Gasteiger partial charge in [-0.2, -0.15) is 5.26 Å². The second-order valence-corrected chi connectivity index (χ2v) is 4.32. The van der Waals surface area contributed by atoms with E-state index in [1.54, 1.807) is 0 Å². The maximum Gasteiger partial charge on any atom is 0.256 e. The SMILES string of the molecule is N#CC1CCN(C(=O)c2cc(F)ccc2F)CC1. The summed E-state index contributed by atoms with van der Waals surface area (Å²) in [4.78, 5) is 13.5. The van der Waals surface area contributed by atoms with E-state index in [1.165, 1.54) is 4.90 Å². The molecule has 0 spiro atoms. The molecule has 0 atom stereocenters. The molecule has 18 heavy (non-hydrogen) atoms. The Morgan fingerprint density at radius 1 is 1.33 bits per heavy atom. The maximum absolute atomic E-state index is 13.5. The third-order valence-corrected chi connectivity index (χ3v) is 3.12. The van der Waals surface area contributed by atoms with Gasteiger partial charge in [0.1, 0.15) is 11.6 Å². The monoisotopic (exact) mass is 250 g/mol. The van der Waals surface area contributed by atoms with Crippen molar-refractivity contribution < 1.29 is 13.6 Å². The van der Waals surface area contributed by atoms with E-state index in [-0.39, 0.29) is 11.5 Å². The minimum atomic E-state index is -0.719. The molecule has 0 aliphatic carbocycles. The maximum atomic E-state index is 13.5. The summed E-state index contributed by atoms with van der Waals surface area (Å²) in [5.41, 5.74) is -0.245. The van der Waals surface area contributed by atoms with Crippen LogP contribution in [0.25, 0.3) is 0 Å². The van der Waals surface area contributed by atoms with E-state index in [9.17, 15) is 13.6 Å². The van der Waals surface area contributed by atoms with Gasteiger partial charge in [-0.15, -0.1) is 0 Å². The van der Waals surface area contributed by atoms with E-state index in [2.05, 4.69) is 6.07 Å². The quantitative estimate of drug-likeness (QED) is 0.767. The fourth-order valence-corrected chi connectivity index (χ4v) is 2.04. The molecule has 1 amide bonds. The molecule has 1 aromatic carbocycles. The van der Waals surface area contributed by atoms with Crippen molar-refractivity contribution in [3.63, 3.8) is 0 Å². The topological polar surface area (TPSA) is 44.1 Å². The number of hydrogen-bond donors (Lipinski definition) is 0. The van der Waals surface area contributed by atoms with Gasteiger partial charge in [-0.25, -0.2) is 8.78 Å². The Hall–Kier alpha value is -1.96. The lowest BCUT2D eigenvalue weighted by Gasteiger charge is -2.29. The first-order valence-electron chi connectivity index (χ1n) is 5.75. The number of rotatable bonds is 1. The molecular formula is C13H12F2N2O. The number of nitriles is 1. The highest BCUT2D eigenvalue weighted by Crippen LogP contribution is 2.19. The summed E-state index contributed by atoms with van der Waals surface area (Å²) in [7, 11) is 0. The largest absolute Gasteiger partial charge is 0.338 e. The molecule has 0 bridgehead atoms. The average Bonchev–Trinajstić information content (AvgIpc) is 2.41. The van der Waals surface area contributed by atoms with Crippen LogP contribution in [0.3, 0.4) is 0 Å². The number of piperidine rings is 1. The average molecular weight is 250 g/mol. The van der Waals surface area contributed by atoms with Gasteiger partial charge in [0.25, 0.3) is 5.91 Å². The first kappa shape index (κ1) is 12.5. The van der Waals surface area contributed by atoms with Crippen molar-refractivity contribution >= 4 is 5.91 Å². The normalized spacial score (nSPS) is 16.4. The lowest BCUT2D eigenvalue weighted by molar-refractivity contribution is 0.0702. The van der Waals surface area contributed by atoms with Gasteiger partial charge in [0, 0.05) is 19.0 Å². The van der Waals surface area contributed by atoms with E-state index in [4.69, 9.17) is 5.26 Å². The predicted molar refractivity (Wildman–Crippen MR) is 60.6 cm³/mol. The van der Waals surface area contributed by atoms with Crippen molar-refractivity contribution in [3.8, 4) is 6.07 Å². The van der Waals surface area contributed by atoms with Crippen LogP contribution in [-0.2, 0) is 0 Å². The van der Waals surface area contributed by atoms with Crippen LogP contribution in [0.2, 0.25) is 0 Å². The Bertz CT molecular complexity index is 502. The molecule has 0 unspecified atom stereocenters. The number of nitrogens with zero attached hydrogens (tertiary/aromatic N) is 2. The fourth-order valence-electron chi connectivity index (χ4n) is 2.04. The van der Waals surface area contributed by atoms with Gasteiger partial charge in [0.2, 0.25) is 0 Å². The predicted octanol–water partition coefficient (Wildman–Crippen LogP) is 2.34. The van der Waals surface area contributed by atoms with Crippen LogP contribution in [0, 0.1) is 28.9 Å². The molecule has 1 aromatic rings. The highest BCUT2D eigenvalue weighted by Gasteiger charge is 2.25. The number of hydrogen-bond acceptors (Lipinski definition) is 2. The zero-order chi connectivity index (χ0) is 13.1. The van der Waals surface area contributed by atoms with Crippen molar-refractivity contribution in [1.82, 2.24) is 4.90 Å². The zero-order valence-corrected chi connectivity index (χ0v) is 9.70. The second-order valence-electron chi connectivity index (χ2n) is 4.32. The molecule has 1 aliphatic rings. The van der Waals surface area contributed by atoms with Crippen LogP contribution in [0.15, 0.2) is 18.2 Å². The van der Waals surface area contributed by atoms with E-state index in [0.717, 1.165) is 18.2 Å². The standard InChI is InChI=1S/C13H12F2N2O/c14-10-1-2-12(15)11(7-10)13(18)17-5-3-9(8-16)4-6-17/h1-2,7,9H,3-6H2. The van der Waals surface area contributed by atoms with Crippen LogP contribution < -0.4 is 0 Å². The van der Waals surface area contributed by atoms with Crippen molar-refractivity contribution in [3.05, 3.63) is 35.4 Å². The van der Waals surface area contributed by atoms with Crippen LogP contribution in [0.1, 0.15) is 23.2 Å². The van der Waals surface area contributed by atoms with Crippen molar-refractivity contribution in [1.29, 1.82) is 5.26 Å². The van der Waals surface area contributed by atoms with Gasteiger partial charge >= 0.3 is 0 Å². The molecule has 1 fully saturated rings. The molecule has 1 heterocycles. The summed E-state index contributed by atoms with van der Waals surface area (Å²) in [6, 6.07) is 4.99. The molecule has 0 N–H and O–H groups in total. The lowest BCUT2D eigenvalue weighted by Crippen LogP contribution is -2.38. The minimum Gasteiger partial charge on any atom is -0.338 e. The van der Waals surface area contributed by atoms with Crippen molar-refractivity contribution in [2.45, 2.75) is 12.8 Å². The number of halogens is 2. The molecule has 5 heteroatoms. The number of amides is 1. The van der Waals surface area contributed by atoms with Gasteiger partial charge in [0.05, 0.1) is 11.6 Å². The highest BCUT2D eigenvalue weighted by atomic mass is 19.1. The lowest BCUT2D eigenvalue weighted by atomic mass is 9.98. The Balaban J connectivity index is 2.13. The van der Waals surface area contributed by atoms with Gasteiger partial charge < -0.3 is 4.90 Å². The van der Waals surface area contributed by atoms with Crippen molar-refractivity contribution in [2.75, 3.05) is 13.1 Å². The first-order chi connectivity index (χ1) is 8.61. The number of likely N-dealkylation sites (tertiary alicyclic amines) is 1. The molecule has 1 aliphatic heterocycles. The van der Waals surface area contributed by atoms with Gasteiger partial charge in [0.15, 0.2) is 0 Å². The summed E-state index contributed by atoms with van der Waals surface area (Å²) < 4.78 is 26.5. The smallest absolute Gasteiger partial charge is 0.256 e. The van der Waals surface area contributed by atoms with E-state index in [0.29, 0.717) is 25.9 Å². The number of benzene rings is 1. The van der Waals surface area contributed by atoms with Crippen LogP contribution in [-0.4, -0.2) is 23.9 Å². The summed E-state index contributed by atoms with van der Waals surface area (Å²) in [5.74, 6) is -1.91. The van der Waals surface area contributed by atoms with Gasteiger partial charge in [-0.05, 0) is 31.0 Å². The Morgan fingerprint density at radius 2 is 2.00 bits per heavy atom. The summed E-state index contributed by atoms with van der Waals surface area (Å²) >= 11 is 0. The summed E-state index contributed by atoms with van der Waals surface area (Å²) in [6.07, 6.45) is 1.17. The van der Waals surface area contributed by atoms with E-state index >= 15 is 0 Å². The third-order valence-electron chi connectivity index (χ3n) is 3.12. The van der Waals surface area contributed by atoms with Gasteiger partial charge in [-0.3, -0.25) is 4.79 Å². The number of carbonyl (C=O) groups excluding carboxylic acids is 1. The minimum absolute atomic E-state index is 0.0496. The van der Waals surface area contributed by atoms with E-state index < -0.39 is 17.5 Å². The summed E-state index contributed by atoms with van der Waals surface area (Å²) in [6.45, 7) is 0.819. The van der Waals surface area contributed by atoms with Crippen LogP contribution in [0.4, 0.5) is 8.78 Å². The molecule has 0 saturated carbocycles. The Morgan fingerprint density at radius 3 is 2.61 bits per heavy atom. The molecule has 1 saturated heterocycles. The molecule has 3 nitrogen and oxygen atoms in total.